The molecule has 6 nitrogen and oxygen atoms in total. The Morgan fingerprint density at radius 2 is 2.08 bits per heavy atom. The summed E-state index contributed by atoms with van der Waals surface area (Å²) in [7, 11) is -3.79. The Bertz CT molecular complexity index is 1020. The number of aromatic nitrogens is 1. The van der Waals surface area contributed by atoms with E-state index in [4.69, 9.17) is 11.6 Å². The Balaban J connectivity index is 2.10. The number of primary sulfonamides is 1. The molecular formula is C17H19N3O3S2. The van der Waals surface area contributed by atoms with Crippen molar-refractivity contribution in [3.8, 4) is 12.3 Å². The van der Waals surface area contributed by atoms with E-state index in [2.05, 4.69) is 10.9 Å². The first kappa shape index (κ1) is 17.9. The lowest BCUT2D eigenvalue weighted by Gasteiger charge is -2.17. The van der Waals surface area contributed by atoms with Crippen molar-refractivity contribution in [2.45, 2.75) is 43.5 Å². The zero-order valence-electron chi connectivity index (χ0n) is 13.6. The number of nitrogens with zero attached hydrogens (tertiary/aromatic N) is 2. The van der Waals surface area contributed by atoms with E-state index < -0.39 is 10.0 Å². The summed E-state index contributed by atoms with van der Waals surface area (Å²) >= 11 is 1.25. The highest BCUT2D eigenvalue weighted by atomic mass is 32.2. The maximum atomic E-state index is 12.5. The van der Waals surface area contributed by atoms with Crippen LogP contribution >= 0.6 is 11.3 Å². The zero-order chi connectivity index (χ0) is 18.0. The largest absolute Gasteiger partial charge is 0.305 e. The predicted octanol–water partition coefficient (Wildman–Crippen LogP) is 1.99. The number of terminal acetylenes is 1. The van der Waals surface area contributed by atoms with E-state index in [1.807, 2.05) is 0 Å². The Morgan fingerprint density at radius 3 is 2.72 bits per heavy atom. The second kappa shape index (κ2) is 7.12. The van der Waals surface area contributed by atoms with Crippen molar-refractivity contribution in [2.24, 2.45) is 16.0 Å². The summed E-state index contributed by atoms with van der Waals surface area (Å²) in [5.74, 6) is 2.40. The van der Waals surface area contributed by atoms with E-state index in [1.54, 1.807) is 10.6 Å². The van der Waals surface area contributed by atoms with Gasteiger partial charge in [0, 0.05) is 5.92 Å². The van der Waals surface area contributed by atoms with Crippen LogP contribution in [0.5, 0.6) is 0 Å². The lowest BCUT2D eigenvalue weighted by Crippen LogP contribution is -2.21. The highest BCUT2D eigenvalue weighted by Crippen LogP contribution is 2.25. The quantitative estimate of drug-likeness (QED) is 0.829. The number of fused-ring (bicyclic) bond motifs is 1. The van der Waals surface area contributed by atoms with Crippen molar-refractivity contribution < 1.29 is 13.2 Å². The summed E-state index contributed by atoms with van der Waals surface area (Å²) in [6.07, 6.45) is 10.5. The number of benzene rings is 1. The van der Waals surface area contributed by atoms with E-state index in [1.165, 1.54) is 29.9 Å². The molecule has 1 amide bonds. The number of carbonyl (C=O) groups is 1. The second-order valence-electron chi connectivity index (χ2n) is 6.13. The van der Waals surface area contributed by atoms with Gasteiger partial charge >= 0.3 is 0 Å². The first-order chi connectivity index (χ1) is 11.9. The zero-order valence-corrected chi connectivity index (χ0v) is 15.3. The molecular weight excluding hydrogens is 358 g/mol. The molecule has 1 fully saturated rings. The van der Waals surface area contributed by atoms with Crippen molar-refractivity contribution >= 4 is 37.5 Å². The molecule has 1 heterocycles. The van der Waals surface area contributed by atoms with E-state index in [-0.39, 0.29) is 23.3 Å². The molecule has 1 aromatic heterocycles. The maximum absolute atomic E-state index is 12.5. The molecule has 3 rings (SSSR count). The Morgan fingerprint density at radius 1 is 1.36 bits per heavy atom. The average Bonchev–Trinajstić information content (AvgIpc) is 2.92. The van der Waals surface area contributed by atoms with Crippen LogP contribution < -0.4 is 9.94 Å². The number of thiazole rings is 1. The fourth-order valence-electron chi connectivity index (χ4n) is 3.10. The first-order valence-corrected chi connectivity index (χ1v) is 10.4. The summed E-state index contributed by atoms with van der Waals surface area (Å²) in [6.45, 7) is 0.255. The van der Waals surface area contributed by atoms with E-state index in [0.29, 0.717) is 9.50 Å². The van der Waals surface area contributed by atoms with Gasteiger partial charge in [0.25, 0.3) is 5.91 Å². The molecule has 0 unspecified atom stereocenters. The van der Waals surface area contributed by atoms with E-state index in [0.717, 1.165) is 31.2 Å². The van der Waals surface area contributed by atoms with Crippen LogP contribution in [-0.2, 0) is 21.4 Å². The topological polar surface area (TPSA) is 94.5 Å². The van der Waals surface area contributed by atoms with Gasteiger partial charge in [-0.2, -0.15) is 4.99 Å². The van der Waals surface area contributed by atoms with Gasteiger partial charge in [0.1, 0.15) is 0 Å². The molecule has 0 bridgehead atoms. The molecule has 132 valence electrons. The van der Waals surface area contributed by atoms with Crippen LogP contribution in [-0.4, -0.2) is 18.9 Å². The minimum absolute atomic E-state index is 0.0271. The van der Waals surface area contributed by atoms with E-state index in [9.17, 15) is 13.2 Å². The van der Waals surface area contributed by atoms with Crippen molar-refractivity contribution in [2.75, 3.05) is 0 Å². The fraction of sp³-hybridized carbons (Fsp3) is 0.412. The number of sulfonamides is 1. The lowest BCUT2D eigenvalue weighted by molar-refractivity contribution is -0.122. The predicted molar refractivity (Wildman–Crippen MR) is 97.2 cm³/mol. The van der Waals surface area contributed by atoms with E-state index >= 15 is 0 Å². The number of carbonyl (C=O) groups excluding carboxylic acids is 1. The third-order valence-electron chi connectivity index (χ3n) is 4.39. The third-order valence-corrected chi connectivity index (χ3v) is 6.34. The molecule has 0 saturated heterocycles. The van der Waals surface area contributed by atoms with Crippen LogP contribution in [0.4, 0.5) is 0 Å². The highest BCUT2D eigenvalue weighted by molar-refractivity contribution is 7.89. The molecule has 1 aliphatic rings. The number of amides is 1. The molecule has 25 heavy (non-hydrogen) atoms. The van der Waals surface area contributed by atoms with Crippen LogP contribution in [0.3, 0.4) is 0 Å². The highest BCUT2D eigenvalue weighted by Gasteiger charge is 2.21. The molecule has 0 atom stereocenters. The number of hydrogen-bond acceptors (Lipinski definition) is 4. The molecule has 8 heteroatoms. The minimum atomic E-state index is -3.79. The van der Waals surface area contributed by atoms with Gasteiger partial charge in [0.2, 0.25) is 10.0 Å². The Labute approximate surface area is 150 Å². The van der Waals surface area contributed by atoms with Crippen LogP contribution in [0.25, 0.3) is 10.2 Å². The number of hydrogen-bond donors (Lipinski definition) is 1. The summed E-state index contributed by atoms with van der Waals surface area (Å²) in [4.78, 5) is 17.3. The standard InChI is InChI=1S/C17H19N3O3S2/c1-2-10-20-14-9-8-13(25(18,22)23)11-15(14)24-17(20)19-16(21)12-6-4-3-5-7-12/h1,8-9,11-12H,3-7,10H2,(H2,18,22,23)/b19-17+. The summed E-state index contributed by atoms with van der Waals surface area (Å²) < 4.78 is 25.5. The van der Waals surface area contributed by atoms with Gasteiger partial charge in [-0.1, -0.05) is 36.5 Å². The van der Waals surface area contributed by atoms with Crippen molar-refractivity contribution in [1.82, 2.24) is 4.57 Å². The fourth-order valence-corrected chi connectivity index (χ4v) is 4.78. The van der Waals surface area contributed by atoms with Crippen LogP contribution in [0.1, 0.15) is 32.1 Å². The van der Waals surface area contributed by atoms with Gasteiger partial charge < -0.3 is 4.57 Å². The van der Waals surface area contributed by atoms with Crippen LogP contribution in [0, 0.1) is 18.3 Å². The van der Waals surface area contributed by atoms with Gasteiger partial charge in [-0.15, -0.1) is 6.42 Å². The minimum Gasteiger partial charge on any atom is -0.305 e. The first-order valence-electron chi connectivity index (χ1n) is 8.08. The molecule has 0 spiro atoms. The second-order valence-corrected chi connectivity index (χ2v) is 8.70. The van der Waals surface area contributed by atoms with Crippen LogP contribution in [0.15, 0.2) is 28.1 Å². The maximum Gasteiger partial charge on any atom is 0.251 e. The average molecular weight is 377 g/mol. The normalized spacial score (nSPS) is 16.9. The molecule has 1 aromatic carbocycles. The molecule has 2 aromatic rings. The van der Waals surface area contributed by atoms with Gasteiger partial charge in [0.15, 0.2) is 4.80 Å². The summed E-state index contributed by atoms with van der Waals surface area (Å²) in [6, 6.07) is 4.57. The molecule has 1 saturated carbocycles. The van der Waals surface area contributed by atoms with Crippen molar-refractivity contribution in [3.63, 3.8) is 0 Å². The van der Waals surface area contributed by atoms with Gasteiger partial charge in [-0.05, 0) is 31.0 Å². The third kappa shape index (κ3) is 3.84. The van der Waals surface area contributed by atoms with Crippen molar-refractivity contribution in [1.29, 1.82) is 0 Å². The number of nitrogens with two attached hydrogens (primary N) is 1. The molecule has 2 N–H and O–H groups in total. The van der Waals surface area contributed by atoms with Gasteiger partial charge in [-0.25, -0.2) is 13.6 Å². The molecule has 1 aliphatic carbocycles. The SMILES string of the molecule is C#CCn1/c(=N\C(=O)C2CCCCC2)sc2cc(S(N)(=O)=O)ccc21. The van der Waals surface area contributed by atoms with Gasteiger partial charge in [-0.3, -0.25) is 4.79 Å². The van der Waals surface area contributed by atoms with Gasteiger partial charge in [0.05, 0.1) is 21.7 Å². The summed E-state index contributed by atoms with van der Waals surface area (Å²) in [5.41, 5.74) is 0.741. The van der Waals surface area contributed by atoms with Crippen molar-refractivity contribution in [3.05, 3.63) is 23.0 Å². The number of rotatable bonds is 3. The molecule has 0 aliphatic heterocycles. The Hall–Kier alpha value is -1.95. The monoisotopic (exact) mass is 377 g/mol. The molecule has 0 radical (unpaired) electrons. The summed E-state index contributed by atoms with van der Waals surface area (Å²) in [5, 5.41) is 5.19. The lowest BCUT2D eigenvalue weighted by atomic mass is 9.89. The Kier molecular flexibility index (Phi) is 5.08. The smallest absolute Gasteiger partial charge is 0.251 e. The van der Waals surface area contributed by atoms with Crippen LogP contribution in [0.2, 0.25) is 0 Å².